The Bertz CT molecular complexity index is 425. The van der Waals surface area contributed by atoms with Crippen molar-refractivity contribution >= 4 is 11.8 Å². The summed E-state index contributed by atoms with van der Waals surface area (Å²) in [6.07, 6.45) is 0. The maximum atomic E-state index is 11.6. The van der Waals surface area contributed by atoms with Crippen LogP contribution in [-0.4, -0.2) is 29.3 Å². The van der Waals surface area contributed by atoms with Gasteiger partial charge in [0.15, 0.2) is 0 Å². The van der Waals surface area contributed by atoms with Crippen molar-refractivity contribution in [2.75, 3.05) is 6.54 Å². The lowest BCUT2D eigenvalue weighted by Crippen LogP contribution is -2.56. The highest BCUT2D eigenvalue weighted by Gasteiger charge is 2.31. The van der Waals surface area contributed by atoms with Crippen LogP contribution in [-0.2, 0) is 16.1 Å². The van der Waals surface area contributed by atoms with E-state index in [4.69, 9.17) is 4.42 Å². The van der Waals surface area contributed by atoms with Gasteiger partial charge in [0.2, 0.25) is 11.8 Å². The Morgan fingerprint density at radius 2 is 2.25 bits per heavy atom. The quantitative estimate of drug-likeness (QED) is 0.789. The zero-order chi connectivity index (χ0) is 11.7. The van der Waals surface area contributed by atoms with Gasteiger partial charge < -0.3 is 14.6 Å². The van der Waals surface area contributed by atoms with Crippen molar-refractivity contribution in [1.82, 2.24) is 10.2 Å². The lowest BCUT2D eigenvalue weighted by Gasteiger charge is -2.31. The van der Waals surface area contributed by atoms with E-state index >= 15 is 0 Å². The van der Waals surface area contributed by atoms with Crippen LogP contribution in [0.25, 0.3) is 0 Å². The lowest BCUT2D eigenvalue weighted by molar-refractivity contribution is -0.145. The van der Waals surface area contributed by atoms with Gasteiger partial charge in [0.25, 0.3) is 0 Å². The molecule has 2 rings (SSSR count). The monoisotopic (exact) mass is 222 g/mol. The molecule has 1 aromatic rings. The number of furan rings is 1. The average Bonchev–Trinajstić information content (AvgIpc) is 2.65. The number of nitrogens with zero attached hydrogens (tertiary/aromatic N) is 1. The highest BCUT2D eigenvalue weighted by molar-refractivity contribution is 5.94. The number of rotatable bonds is 2. The fourth-order valence-electron chi connectivity index (χ4n) is 1.73. The zero-order valence-electron chi connectivity index (χ0n) is 9.32. The second-order valence-corrected chi connectivity index (χ2v) is 3.93. The summed E-state index contributed by atoms with van der Waals surface area (Å²) in [5.41, 5.74) is 0. The topological polar surface area (TPSA) is 62.6 Å². The minimum atomic E-state index is -0.438. The first kappa shape index (κ1) is 10.7. The average molecular weight is 222 g/mol. The minimum absolute atomic E-state index is 0.0723. The third-order valence-corrected chi connectivity index (χ3v) is 2.70. The van der Waals surface area contributed by atoms with E-state index in [1.165, 1.54) is 4.90 Å². The van der Waals surface area contributed by atoms with Crippen molar-refractivity contribution in [2.45, 2.75) is 26.4 Å². The van der Waals surface area contributed by atoms with Gasteiger partial charge in [0.1, 0.15) is 17.6 Å². The first-order valence-electron chi connectivity index (χ1n) is 5.20. The van der Waals surface area contributed by atoms with Crippen LogP contribution in [0.3, 0.4) is 0 Å². The highest BCUT2D eigenvalue weighted by Crippen LogP contribution is 2.13. The fraction of sp³-hybridized carbons (Fsp3) is 0.455. The smallest absolute Gasteiger partial charge is 0.243 e. The van der Waals surface area contributed by atoms with Crippen molar-refractivity contribution in [3.63, 3.8) is 0 Å². The van der Waals surface area contributed by atoms with Gasteiger partial charge in [-0.25, -0.2) is 0 Å². The summed E-state index contributed by atoms with van der Waals surface area (Å²) < 4.78 is 5.39. The molecule has 1 aliphatic heterocycles. The van der Waals surface area contributed by atoms with E-state index < -0.39 is 6.04 Å². The summed E-state index contributed by atoms with van der Waals surface area (Å²) in [6.45, 7) is 3.98. The molecule has 0 saturated carbocycles. The summed E-state index contributed by atoms with van der Waals surface area (Å²) in [5.74, 6) is 1.30. The molecule has 0 aliphatic carbocycles. The molecule has 86 valence electrons. The second-order valence-electron chi connectivity index (χ2n) is 3.93. The number of nitrogens with one attached hydrogen (secondary N) is 1. The predicted molar refractivity (Wildman–Crippen MR) is 56.5 cm³/mol. The molecule has 0 aromatic carbocycles. The van der Waals surface area contributed by atoms with Gasteiger partial charge in [-0.3, -0.25) is 9.59 Å². The van der Waals surface area contributed by atoms with E-state index in [0.29, 0.717) is 12.3 Å². The van der Waals surface area contributed by atoms with E-state index in [0.717, 1.165) is 5.76 Å². The number of carbonyl (C=O) groups is 2. The van der Waals surface area contributed by atoms with Crippen molar-refractivity contribution in [3.8, 4) is 0 Å². The summed E-state index contributed by atoms with van der Waals surface area (Å²) in [5, 5.41) is 2.54. The number of aryl methyl sites for hydroxylation is 1. The molecular formula is C11H14N2O3. The van der Waals surface area contributed by atoms with E-state index in [2.05, 4.69) is 5.32 Å². The maximum absolute atomic E-state index is 11.6. The van der Waals surface area contributed by atoms with Crippen LogP contribution in [0.1, 0.15) is 18.4 Å². The second kappa shape index (κ2) is 4.00. The summed E-state index contributed by atoms with van der Waals surface area (Å²) in [7, 11) is 0. The Morgan fingerprint density at radius 1 is 1.50 bits per heavy atom. The van der Waals surface area contributed by atoms with Gasteiger partial charge >= 0.3 is 0 Å². The van der Waals surface area contributed by atoms with Crippen LogP contribution >= 0.6 is 0 Å². The molecule has 1 aliphatic rings. The minimum Gasteiger partial charge on any atom is -0.464 e. The summed E-state index contributed by atoms with van der Waals surface area (Å²) in [6, 6.07) is 3.22. The van der Waals surface area contributed by atoms with Crippen LogP contribution in [0.4, 0.5) is 0 Å². The molecule has 1 saturated heterocycles. The van der Waals surface area contributed by atoms with Crippen LogP contribution in [0.5, 0.6) is 0 Å². The number of amides is 2. The third kappa shape index (κ3) is 1.93. The lowest BCUT2D eigenvalue weighted by atomic mass is 10.2. The van der Waals surface area contributed by atoms with Gasteiger partial charge in [0.05, 0.1) is 13.1 Å². The highest BCUT2D eigenvalue weighted by atomic mass is 16.3. The molecule has 1 N–H and O–H groups in total. The molecule has 1 atom stereocenters. The molecule has 1 aromatic heterocycles. The van der Waals surface area contributed by atoms with Crippen molar-refractivity contribution < 1.29 is 14.0 Å². The van der Waals surface area contributed by atoms with Crippen molar-refractivity contribution in [1.29, 1.82) is 0 Å². The summed E-state index contributed by atoms with van der Waals surface area (Å²) in [4.78, 5) is 24.6. The normalized spacial score (nSPS) is 21.1. The van der Waals surface area contributed by atoms with Gasteiger partial charge in [-0.2, -0.15) is 0 Å². The maximum Gasteiger partial charge on any atom is 0.243 e. The third-order valence-electron chi connectivity index (χ3n) is 2.70. The number of hydrogen-bond acceptors (Lipinski definition) is 3. The molecular weight excluding hydrogens is 208 g/mol. The van der Waals surface area contributed by atoms with Crippen LogP contribution < -0.4 is 5.32 Å². The van der Waals surface area contributed by atoms with Crippen molar-refractivity contribution in [2.24, 2.45) is 0 Å². The van der Waals surface area contributed by atoms with E-state index in [9.17, 15) is 9.59 Å². The predicted octanol–water partition coefficient (Wildman–Crippen LogP) is 0.435. The first-order valence-corrected chi connectivity index (χ1v) is 5.20. The Balaban J connectivity index is 2.12. The van der Waals surface area contributed by atoms with E-state index in [1.807, 2.05) is 19.1 Å². The Morgan fingerprint density at radius 3 is 2.88 bits per heavy atom. The molecule has 5 nitrogen and oxygen atoms in total. The zero-order valence-corrected chi connectivity index (χ0v) is 9.32. The largest absolute Gasteiger partial charge is 0.464 e. The standard InChI is InChI=1S/C11H14N2O3/c1-7-3-4-9(16-7)6-13-8(2)11(15)12-5-10(13)14/h3-4,8H,5-6H2,1-2H3,(H,12,15). The first-order chi connectivity index (χ1) is 7.58. The Hall–Kier alpha value is -1.78. The number of piperazine rings is 1. The molecule has 2 heterocycles. The molecule has 0 bridgehead atoms. The molecule has 0 radical (unpaired) electrons. The van der Waals surface area contributed by atoms with Gasteiger partial charge in [0, 0.05) is 0 Å². The SMILES string of the molecule is Cc1ccc(CN2C(=O)CNC(=O)C2C)o1. The Kier molecular flexibility index (Phi) is 2.68. The van der Waals surface area contributed by atoms with Crippen LogP contribution in [0, 0.1) is 6.92 Å². The molecule has 1 unspecified atom stereocenters. The van der Waals surface area contributed by atoms with Crippen LogP contribution in [0.15, 0.2) is 16.5 Å². The van der Waals surface area contributed by atoms with Crippen LogP contribution in [0.2, 0.25) is 0 Å². The summed E-state index contributed by atoms with van der Waals surface area (Å²) >= 11 is 0. The fourth-order valence-corrected chi connectivity index (χ4v) is 1.73. The molecule has 1 fully saturated rings. The molecule has 16 heavy (non-hydrogen) atoms. The molecule has 2 amide bonds. The van der Waals surface area contributed by atoms with E-state index in [-0.39, 0.29) is 18.4 Å². The molecule has 5 heteroatoms. The van der Waals surface area contributed by atoms with Gasteiger partial charge in [-0.15, -0.1) is 0 Å². The van der Waals surface area contributed by atoms with E-state index in [1.54, 1.807) is 6.92 Å². The molecule has 0 spiro atoms. The Labute approximate surface area is 93.4 Å². The number of hydrogen-bond donors (Lipinski definition) is 1. The van der Waals surface area contributed by atoms with Gasteiger partial charge in [-0.1, -0.05) is 0 Å². The van der Waals surface area contributed by atoms with Crippen molar-refractivity contribution in [3.05, 3.63) is 23.7 Å². The van der Waals surface area contributed by atoms with Gasteiger partial charge in [-0.05, 0) is 26.0 Å². The number of carbonyl (C=O) groups excluding carboxylic acids is 2.